The second-order valence-corrected chi connectivity index (χ2v) is 6.90. The van der Waals surface area contributed by atoms with E-state index < -0.39 is 9.84 Å². The number of piperidine rings is 1. The van der Waals surface area contributed by atoms with Crippen LogP contribution in [-0.2, 0) is 9.84 Å². The first-order valence-corrected chi connectivity index (χ1v) is 7.96. The van der Waals surface area contributed by atoms with E-state index in [9.17, 15) is 8.42 Å². The highest BCUT2D eigenvalue weighted by Gasteiger charge is 2.19. The summed E-state index contributed by atoms with van der Waals surface area (Å²) in [7, 11) is -3.21. The summed E-state index contributed by atoms with van der Waals surface area (Å²) in [5, 5.41) is 12.4. The highest BCUT2D eigenvalue weighted by Crippen LogP contribution is 2.21. The van der Waals surface area contributed by atoms with Gasteiger partial charge in [0, 0.05) is 0 Å². The average molecular weight is 269 g/mol. The fourth-order valence-corrected chi connectivity index (χ4v) is 3.69. The summed E-state index contributed by atoms with van der Waals surface area (Å²) in [6, 6.07) is 5.76. The first-order chi connectivity index (χ1) is 8.58. The van der Waals surface area contributed by atoms with Crippen LogP contribution < -0.4 is 5.32 Å². The van der Waals surface area contributed by atoms with Crippen molar-refractivity contribution in [2.45, 2.75) is 24.2 Å². The number of hydrogen-bond donors (Lipinski definition) is 2. The molecule has 0 bridgehead atoms. The van der Waals surface area contributed by atoms with Crippen LogP contribution in [0, 0.1) is 5.92 Å². The molecule has 0 aromatic heterocycles. The van der Waals surface area contributed by atoms with E-state index in [1.54, 1.807) is 0 Å². The molecule has 0 spiro atoms. The van der Waals surface area contributed by atoms with Gasteiger partial charge in [0.1, 0.15) is 5.75 Å². The zero-order chi connectivity index (χ0) is 13.0. The molecule has 1 saturated heterocycles. The van der Waals surface area contributed by atoms with Gasteiger partial charge in [-0.05, 0) is 62.5 Å². The monoisotopic (exact) mass is 269 g/mol. The van der Waals surface area contributed by atoms with Crippen LogP contribution in [0.3, 0.4) is 0 Å². The van der Waals surface area contributed by atoms with Crippen LogP contribution in [0.25, 0.3) is 0 Å². The van der Waals surface area contributed by atoms with Crippen molar-refractivity contribution in [3.63, 3.8) is 0 Å². The standard InChI is InChI=1S/C13H19NO3S/c15-12-1-3-13(4-2-12)18(16,17)10-7-11-5-8-14-9-6-11/h1-4,11,14-15H,5-10H2. The molecule has 2 N–H and O–H groups in total. The molecule has 1 aliphatic rings. The first-order valence-electron chi connectivity index (χ1n) is 6.30. The Morgan fingerprint density at radius 2 is 1.78 bits per heavy atom. The molecule has 2 rings (SSSR count). The largest absolute Gasteiger partial charge is 0.508 e. The van der Waals surface area contributed by atoms with Crippen molar-refractivity contribution in [2.75, 3.05) is 18.8 Å². The minimum atomic E-state index is -3.21. The van der Waals surface area contributed by atoms with Crippen molar-refractivity contribution >= 4 is 9.84 Å². The van der Waals surface area contributed by atoms with Crippen molar-refractivity contribution < 1.29 is 13.5 Å². The minimum Gasteiger partial charge on any atom is -0.508 e. The number of aromatic hydroxyl groups is 1. The van der Waals surface area contributed by atoms with Gasteiger partial charge >= 0.3 is 0 Å². The Morgan fingerprint density at radius 1 is 1.17 bits per heavy atom. The van der Waals surface area contributed by atoms with Gasteiger partial charge in [0.15, 0.2) is 9.84 Å². The van der Waals surface area contributed by atoms with Gasteiger partial charge in [0.25, 0.3) is 0 Å². The van der Waals surface area contributed by atoms with E-state index >= 15 is 0 Å². The number of hydrogen-bond acceptors (Lipinski definition) is 4. The molecule has 4 nitrogen and oxygen atoms in total. The van der Waals surface area contributed by atoms with E-state index in [4.69, 9.17) is 5.11 Å². The Bertz CT molecular complexity index is 475. The maximum absolute atomic E-state index is 12.1. The topological polar surface area (TPSA) is 66.4 Å². The minimum absolute atomic E-state index is 0.0901. The van der Waals surface area contributed by atoms with E-state index in [1.807, 2.05) is 0 Å². The Balaban J connectivity index is 1.96. The van der Waals surface area contributed by atoms with E-state index in [1.165, 1.54) is 24.3 Å². The third-order valence-electron chi connectivity index (χ3n) is 3.45. The lowest BCUT2D eigenvalue weighted by Gasteiger charge is -2.22. The van der Waals surface area contributed by atoms with E-state index in [0.29, 0.717) is 10.8 Å². The van der Waals surface area contributed by atoms with Gasteiger partial charge in [-0.1, -0.05) is 0 Å². The second kappa shape index (κ2) is 5.71. The molecule has 1 aromatic rings. The van der Waals surface area contributed by atoms with Crippen LogP contribution in [0.15, 0.2) is 29.2 Å². The van der Waals surface area contributed by atoms with Crippen LogP contribution in [0.1, 0.15) is 19.3 Å². The van der Waals surface area contributed by atoms with Crippen LogP contribution in [0.5, 0.6) is 5.75 Å². The Hall–Kier alpha value is -1.07. The van der Waals surface area contributed by atoms with Gasteiger partial charge in [-0.3, -0.25) is 0 Å². The highest BCUT2D eigenvalue weighted by molar-refractivity contribution is 7.91. The molecule has 0 unspecified atom stereocenters. The third-order valence-corrected chi connectivity index (χ3v) is 5.21. The van der Waals surface area contributed by atoms with E-state index in [-0.39, 0.29) is 11.5 Å². The first kappa shape index (κ1) is 13.4. The summed E-state index contributed by atoms with van der Waals surface area (Å²) < 4.78 is 24.2. The lowest BCUT2D eigenvalue weighted by Crippen LogP contribution is -2.28. The SMILES string of the molecule is O=S(=O)(CCC1CCNCC1)c1ccc(O)cc1. The molecule has 1 heterocycles. The van der Waals surface area contributed by atoms with Gasteiger partial charge in [-0.2, -0.15) is 0 Å². The molecule has 1 fully saturated rings. The summed E-state index contributed by atoms with van der Waals surface area (Å²) in [6.45, 7) is 1.98. The van der Waals surface area contributed by atoms with E-state index in [2.05, 4.69) is 5.32 Å². The maximum Gasteiger partial charge on any atom is 0.178 e. The van der Waals surface area contributed by atoms with Crippen molar-refractivity contribution in [3.8, 4) is 5.75 Å². The predicted octanol–water partition coefficient (Wildman–Crippen LogP) is 1.56. The van der Waals surface area contributed by atoms with Crippen LogP contribution in [0.2, 0.25) is 0 Å². The number of nitrogens with one attached hydrogen (secondary N) is 1. The molecule has 0 radical (unpaired) electrons. The predicted molar refractivity (Wildman–Crippen MR) is 70.4 cm³/mol. The molecule has 18 heavy (non-hydrogen) atoms. The highest BCUT2D eigenvalue weighted by atomic mass is 32.2. The van der Waals surface area contributed by atoms with Gasteiger partial charge in [-0.25, -0.2) is 8.42 Å². The quantitative estimate of drug-likeness (QED) is 0.870. The zero-order valence-corrected chi connectivity index (χ0v) is 11.1. The lowest BCUT2D eigenvalue weighted by molar-refractivity contribution is 0.365. The smallest absolute Gasteiger partial charge is 0.178 e. The van der Waals surface area contributed by atoms with Crippen LogP contribution in [0.4, 0.5) is 0 Å². The molecule has 5 heteroatoms. The molecule has 1 aliphatic heterocycles. The Morgan fingerprint density at radius 3 is 2.39 bits per heavy atom. The van der Waals surface area contributed by atoms with Gasteiger partial charge in [0.05, 0.1) is 10.6 Å². The molecule has 0 saturated carbocycles. The third kappa shape index (κ3) is 3.46. The van der Waals surface area contributed by atoms with Crippen LogP contribution in [-0.4, -0.2) is 32.4 Å². The van der Waals surface area contributed by atoms with Gasteiger partial charge in [0.2, 0.25) is 0 Å². The molecular formula is C13H19NO3S. The lowest BCUT2D eigenvalue weighted by atomic mass is 9.96. The normalized spacial score (nSPS) is 17.8. The van der Waals surface area contributed by atoms with Crippen molar-refractivity contribution in [1.82, 2.24) is 5.32 Å². The average Bonchev–Trinajstić information content (AvgIpc) is 2.38. The molecule has 0 aliphatic carbocycles. The van der Waals surface area contributed by atoms with Crippen molar-refractivity contribution in [3.05, 3.63) is 24.3 Å². The molecular weight excluding hydrogens is 250 g/mol. The Labute approximate surface area is 108 Å². The summed E-state index contributed by atoms with van der Waals surface area (Å²) in [4.78, 5) is 0.300. The number of phenols is 1. The second-order valence-electron chi connectivity index (χ2n) is 4.79. The van der Waals surface area contributed by atoms with Gasteiger partial charge in [-0.15, -0.1) is 0 Å². The van der Waals surface area contributed by atoms with Crippen molar-refractivity contribution in [2.24, 2.45) is 5.92 Å². The molecule has 0 amide bonds. The number of sulfone groups is 1. The fourth-order valence-electron chi connectivity index (χ4n) is 2.26. The number of rotatable bonds is 4. The summed E-state index contributed by atoms with van der Waals surface area (Å²) in [5.74, 6) is 0.799. The fraction of sp³-hybridized carbons (Fsp3) is 0.538. The summed E-state index contributed by atoms with van der Waals surface area (Å²) in [5.41, 5.74) is 0. The number of benzene rings is 1. The van der Waals surface area contributed by atoms with E-state index in [0.717, 1.165) is 32.4 Å². The number of phenolic OH excluding ortho intramolecular Hbond substituents is 1. The van der Waals surface area contributed by atoms with Crippen LogP contribution >= 0.6 is 0 Å². The van der Waals surface area contributed by atoms with Gasteiger partial charge < -0.3 is 10.4 Å². The summed E-state index contributed by atoms with van der Waals surface area (Å²) in [6.07, 6.45) is 2.85. The summed E-state index contributed by atoms with van der Waals surface area (Å²) >= 11 is 0. The zero-order valence-electron chi connectivity index (χ0n) is 10.3. The maximum atomic E-state index is 12.1. The molecule has 0 atom stereocenters. The van der Waals surface area contributed by atoms with Crippen molar-refractivity contribution in [1.29, 1.82) is 0 Å². The molecule has 100 valence electrons. The molecule has 1 aromatic carbocycles. The Kier molecular flexibility index (Phi) is 4.24.